The van der Waals surface area contributed by atoms with Crippen molar-refractivity contribution in [3.63, 3.8) is 0 Å². The third kappa shape index (κ3) is 3.43. The molecule has 0 bridgehead atoms. The predicted octanol–water partition coefficient (Wildman–Crippen LogP) is 4.11. The van der Waals surface area contributed by atoms with Crippen molar-refractivity contribution in [1.82, 2.24) is 4.98 Å². The first-order valence-electron chi connectivity index (χ1n) is 6.79. The number of benzene rings is 2. The number of nitrogens with zero attached hydrogens (tertiary/aromatic N) is 2. The molecule has 3 rings (SSSR count). The van der Waals surface area contributed by atoms with Gasteiger partial charge < -0.3 is 9.73 Å². The summed E-state index contributed by atoms with van der Waals surface area (Å²) in [7, 11) is 0. The van der Waals surface area contributed by atoms with Gasteiger partial charge in [-0.05, 0) is 52.9 Å². The molecule has 0 radical (unpaired) electrons. The van der Waals surface area contributed by atoms with Crippen molar-refractivity contribution in [3.05, 3.63) is 74.3 Å². The predicted molar refractivity (Wildman–Crippen MR) is 95.7 cm³/mol. The lowest BCUT2D eigenvalue weighted by Gasteiger charge is -2.07. The molecule has 0 atom stereocenters. The lowest BCUT2D eigenvalue weighted by molar-refractivity contribution is -0.384. The van der Waals surface area contributed by atoms with Gasteiger partial charge in [0.05, 0.1) is 16.7 Å². The average molecular weight is 435 g/mol. The van der Waals surface area contributed by atoms with Gasteiger partial charge in [0, 0.05) is 27.0 Å². The monoisotopic (exact) mass is 435 g/mol. The Morgan fingerprint density at radius 1 is 1.21 bits per heavy atom. The second-order valence-corrected chi connectivity index (χ2v) is 5.98. The molecule has 0 saturated heterocycles. The molecule has 0 fully saturated rings. The smallest absolute Gasteiger partial charge is 0.270 e. The number of halogens is 1. The van der Waals surface area contributed by atoms with Crippen LogP contribution in [-0.4, -0.2) is 15.8 Å². The van der Waals surface area contributed by atoms with Gasteiger partial charge in [0.25, 0.3) is 11.6 Å². The van der Waals surface area contributed by atoms with Gasteiger partial charge in [-0.3, -0.25) is 14.9 Å². The van der Waals surface area contributed by atoms with Gasteiger partial charge in [-0.1, -0.05) is 0 Å². The Kier molecular flexibility index (Phi) is 4.56. The molecule has 24 heavy (non-hydrogen) atoms. The maximum atomic E-state index is 12.4. The number of nitro benzene ring substituents is 1. The molecule has 1 N–H and O–H groups in total. The number of nitrogens with one attached hydrogen (secondary N) is 1. The van der Waals surface area contributed by atoms with E-state index in [0.29, 0.717) is 15.0 Å². The van der Waals surface area contributed by atoms with Gasteiger partial charge in [0.15, 0.2) is 12.2 Å². The number of carbonyl (C=O) groups is 1. The topological polar surface area (TPSA) is 98.3 Å². The molecular formula is C16H10IN3O4. The Bertz CT molecular complexity index is 892. The number of rotatable bonds is 4. The molecule has 120 valence electrons. The van der Waals surface area contributed by atoms with Crippen LogP contribution in [0.2, 0.25) is 0 Å². The largest absolute Gasteiger partial charge is 0.444 e. The molecule has 0 aliphatic rings. The van der Waals surface area contributed by atoms with Gasteiger partial charge >= 0.3 is 0 Å². The van der Waals surface area contributed by atoms with Crippen molar-refractivity contribution in [2.75, 3.05) is 5.32 Å². The summed E-state index contributed by atoms with van der Waals surface area (Å²) >= 11 is 1.97. The van der Waals surface area contributed by atoms with Crippen LogP contribution >= 0.6 is 22.6 Å². The van der Waals surface area contributed by atoms with Crippen LogP contribution in [0.4, 0.5) is 11.4 Å². The molecule has 0 aliphatic heterocycles. The maximum absolute atomic E-state index is 12.4. The molecule has 1 amide bonds. The highest BCUT2D eigenvalue weighted by atomic mass is 127. The normalized spacial score (nSPS) is 10.4. The molecule has 0 unspecified atom stereocenters. The second kappa shape index (κ2) is 6.79. The van der Waals surface area contributed by atoms with E-state index in [1.165, 1.54) is 18.5 Å². The number of anilines is 1. The van der Waals surface area contributed by atoms with Crippen LogP contribution in [0, 0.1) is 13.7 Å². The molecule has 2 aromatic carbocycles. The SMILES string of the molecule is O=C(Nc1ccc(-c2cnco2)cc1)c1cc([N+](=O)[O-])ccc1I. The summed E-state index contributed by atoms with van der Waals surface area (Å²) in [5, 5.41) is 13.6. The van der Waals surface area contributed by atoms with E-state index in [2.05, 4.69) is 10.3 Å². The molecule has 3 aromatic rings. The van der Waals surface area contributed by atoms with Crippen molar-refractivity contribution in [2.45, 2.75) is 0 Å². The number of aromatic nitrogens is 1. The first-order chi connectivity index (χ1) is 11.5. The number of oxazole rings is 1. The van der Waals surface area contributed by atoms with Crippen LogP contribution in [-0.2, 0) is 0 Å². The van der Waals surface area contributed by atoms with Crippen molar-refractivity contribution in [1.29, 1.82) is 0 Å². The van der Waals surface area contributed by atoms with Crippen molar-refractivity contribution < 1.29 is 14.1 Å². The van der Waals surface area contributed by atoms with Crippen LogP contribution in [0.15, 0.2) is 59.5 Å². The van der Waals surface area contributed by atoms with E-state index in [9.17, 15) is 14.9 Å². The zero-order valence-corrected chi connectivity index (χ0v) is 14.3. The van der Waals surface area contributed by atoms with E-state index in [1.807, 2.05) is 22.6 Å². The summed E-state index contributed by atoms with van der Waals surface area (Å²) in [6.07, 6.45) is 2.94. The van der Waals surface area contributed by atoms with E-state index in [0.717, 1.165) is 5.56 Å². The van der Waals surface area contributed by atoms with Crippen LogP contribution in [0.25, 0.3) is 11.3 Å². The van der Waals surface area contributed by atoms with Crippen LogP contribution in [0.1, 0.15) is 10.4 Å². The molecule has 0 saturated carbocycles. The van der Waals surface area contributed by atoms with E-state index >= 15 is 0 Å². The highest BCUT2D eigenvalue weighted by Crippen LogP contribution is 2.23. The summed E-state index contributed by atoms with van der Waals surface area (Å²) in [5.74, 6) is 0.219. The molecule has 7 nitrogen and oxygen atoms in total. The van der Waals surface area contributed by atoms with Crippen LogP contribution < -0.4 is 5.32 Å². The van der Waals surface area contributed by atoms with Gasteiger partial charge in [-0.25, -0.2) is 4.98 Å². The van der Waals surface area contributed by atoms with E-state index in [4.69, 9.17) is 4.42 Å². The minimum atomic E-state index is -0.529. The van der Waals surface area contributed by atoms with Crippen molar-refractivity contribution >= 4 is 39.9 Å². The first kappa shape index (κ1) is 16.1. The van der Waals surface area contributed by atoms with Gasteiger partial charge in [0.2, 0.25) is 0 Å². The zero-order chi connectivity index (χ0) is 17.1. The Labute approximate surface area is 150 Å². The Morgan fingerprint density at radius 3 is 2.58 bits per heavy atom. The van der Waals surface area contributed by atoms with Crippen LogP contribution in [0.5, 0.6) is 0 Å². The molecule has 8 heteroatoms. The number of nitro groups is 1. The molecule has 1 heterocycles. The molecule has 0 spiro atoms. The van der Waals surface area contributed by atoms with Crippen molar-refractivity contribution in [2.24, 2.45) is 0 Å². The van der Waals surface area contributed by atoms with E-state index in [1.54, 1.807) is 36.5 Å². The lowest BCUT2D eigenvalue weighted by atomic mass is 10.1. The third-order valence-electron chi connectivity index (χ3n) is 3.26. The van der Waals surface area contributed by atoms with Crippen molar-refractivity contribution in [3.8, 4) is 11.3 Å². The number of hydrogen-bond acceptors (Lipinski definition) is 5. The summed E-state index contributed by atoms with van der Waals surface area (Å²) in [6, 6.07) is 11.2. The molecular weight excluding hydrogens is 425 g/mol. The average Bonchev–Trinajstić information content (AvgIpc) is 3.10. The fourth-order valence-electron chi connectivity index (χ4n) is 2.08. The fraction of sp³-hybridized carbons (Fsp3) is 0. The Hall–Kier alpha value is -2.75. The summed E-state index contributed by atoms with van der Waals surface area (Å²) in [5.41, 5.74) is 1.53. The Morgan fingerprint density at radius 2 is 1.96 bits per heavy atom. The third-order valence-corrected chi connectivity index (χ3v) is 4.21. The highest BCUT2D eigenvalue weighted by molar-refractivity contribution is 14.1. The minimum Gasteiger partial charge on any atom is -0.444 e. The Balaban J connectivity index is 1.80. The number of non-ortho nitro benzene ring substituents is 1. The summed E-state index contributed by atoms with van der Waals surface area (Å²) < 4.78 is 5.83. The fourth-order valence-corrected chi connectivity index (χ4v) is 2.66. The van der Waals surface area contributed by atoms with Gasteiger partial charge in [-0.15, -0.1) is 0 Å². The number of amides is 1. The standard InChI is InChI=1S/C16H10IN3O4/c17-14-6-5-12(20(22)23)7-13(14)16(21)19-11-3-1-10(2-4-11)15-8-18-9-24-15/h1-9H,(H,19,21). The highest BCUT2D eigenvalue weighted by Gasteiger charge is 2.15. The maximum Gasteiger partial charge on any atom is 0.270 e. The van der Waals surface area contributed by atoms with Gasteiger partial charge in [0.1, 0.15) is 0 Å². The van der Waals surface area contributed by atoms with Gasteiger partial charge in [-0.2, -0.15) is 0 Å². The second-order valence-electron chi connectivity index (χ2n) is 4.82. The number of carbonyl (C=O) groups excluding carboxylic acids is 1. The molecule has 0 aliphatic carbocycles. The quantitative estimate of drug-likeness (QED) is 0.378. The lowest BCUT2D eigenvalue weighted by Crippen LogP contribution is -2.13. The van der Waals surface area contributed by atoms with E-state index in [-0.39, 0.29) is 11.3 Å². The number of hydrogen-bond donors (Lipinski definition) is 1. The minimum absolute atomic E-state index is 0.124. The van der Waals surface area contributed by atoms with E-state index < -0.39 is 10.8 Å². The summed E-state index contributed by atoms with van der Waals surface area (Å²) in [6.45, 7) is 0. The summed E-state index contributed by atoms with van der Waals surface area (Å²) in [4.78, 5) is 26.5. The zero-order valence-electron chi connectivity index (χ0n) is 12.1. The first-order valence-corrected chi connectivity index (χ1v) is 7.86. The molecule has 1 aromatic heterocycles. The van der Waals surface area contributed by atoms with Crippen LogP contribution in [0.3, 0.4) is 0 Å².